The van der Waals surface area contributed by atoms with Crippen LogP contribution in [0.5, 0.6) is 5.75 Å². The summed E-state index contributed by atoms with van der Waals surface area (Å²) in [6, 6.07) is 5.36. The Morgan fingerprint density at radius 1 is 1.50 bits per heavy atom. The minimum absolute atomic E-state index is 0.0282. The van der Waals surface area contributed by atoms with E-state index in [1.807, 2.05) is 0 Å². The molecule has 9 heteroatoms. The summed E-state index contributed by atoms with van der Waals surface area (Å²) in [4.78, 5) is 11.4. The number of hydrogen-bond acceptors (Lipinski definition) is 8. The van der Waals surface area contributed by atoms with Gasteiger partial charge in [0.25, 0.3) is 0 Å². The van der Waals surface area contributed by atoms with Gasteiger partial charge in [0.1, 0.15) is 0 Å². The maximum atomic E-state index is 11.0. The molecule has 0 atom stereocenters. The van der Waals surface area contributed by atoms with Crippen molar-refractivity contribution in [1.82, 2.24) is 10.2 Å². The van der Waals surface area contributed by atoms with Gasteiger partial charge in [-0.15, -0.1) is 10.2 Å². The van der Waals surface area contributed by atoms with Crippen LogP contribution in [-0.2, 0) is 0 Å². The van der Waals surface area contributed by atoms with Gasteiger partial charge in [0.15, 0.2) is 10.1 Å². The first kappa shape index (κ1) is 15.0. The van der Waals surface area contributed by atoms with Crippen molar-refractivity contribution < 1.29 is 9.66 Å². The van der Waals surface area contributed by atoms with Gasteiger partial charge < -0.3 is 10.1 Å². The third kappa shape index (κ3) is 3.66. The topological polar surface area (TPSA) is 90.2 Å². The summed E-state index contributed by atoms with van der Waals surface area (Å²) < 4.78 is 6.13. The van der Waals surface area contributed by atoms with Crippen LogP contribution < -0.4 is 10.1 Å². The maximum Gasteiger partial charge on any atom is 0.310 e. The first-order valence-electron chi connectivity index (χ1n) is 6.85. The van der Waals surface area contributed by atoms with Crippen molar-refractivity contribution in [3.05, 3.63) is 28.3 Å². The molecule has 0 bridgehead atoms. The van der Waals surface area contributed by atoms with Gasteiger partial charge in [0, 0.05) is 23.1 Å². The van der Waals surface area contributed by atoms with E-state index in [-0.39, 0.29) is 11.4 Å². The minimum Gasteiger partial charge on any atom is -0.487 e. The highest BCUT2D eigenvalue weighted by atomic mass is 32.2. The van der Waals surface area contributed by atoms with E-state index in [0.717, 1.165) is 14.4 Å². The first-order valence-corrected chi connectivity index (χ1v) is 8.48. The predicted octanol–water partition coefficient (Wildman–Crippen LogP) is 3.57. The number of benzene rings is 1. The Labute approximate surface area is 135 Å². The summed E-state index contributed by atoms with van der Waals surface area (Å²) in [5.74, 6) is 0.276. The van der Waals surface area contributed by atoms with Crippen molar-refractivity contribution in [3.8, 4) is 5.75 Å². The highest BCUT2D eigenvalue weighted by molar-refractivity contribution is 8.01. The molecule has 0 spiro atoms. The van der Waals surface area contributed by atoms with Crippen molar-refractivity contribution in [2.24, 2.45) is 0 Å². The Morgan fingerprint density at radius 3 is 3.00 bits per heavy atom. The van der Waals surface area contributed by atoms with Crippen LogP contribution in [0.25, 0.3) is 0 Å². The molecular formula is C13H14N4O3S2. The highest BCUT2D eigenvalue weighted by Gasteiger charge is 2.22. The summed E-state index contributed by atoms with van der Waals surface area (Å²) in [5, 5.41) is 23.3. The van der Waals surface area contributed by atoms with E-state index in [0.29, 0.717) is 12.6 Å². The van der Waals surface area contributed by atoms with Crippen molar-refractivity contribution >= 4 is 33.9 Å². The molecule has 0 radical (unpaired) electrons. The second kappa shape index (κ2) is 6.49. The Morgan fingerprint density at radius 2 is 2.32 bits per heavy atom. The molecule has 1 aromatic heterocycles. The lowest BCUT2D eigenvalue weighted by Gasteiger charge is -2.05. The van der Waals surface area contributed by atoms with Crippen LogP contribution in [0.2, 0.25) is 0 Å². The summed E-state index contributed by atoms with van der Waals surface area (Å²) in [6.07, 6.45) is 2.37. The van der Waals surface area contributed by atoms with Crippen LogP contribution in [-0.4, -0.2) is 27.8 Å². The van der Waals surface area contributed by atoms with Gasteiger partial charge in [0.05, 0.1) is 11.5 Å². The predicted molar refractivity (Wildman–Crippen MR) is 84.9 cm³/mol. The molecule has 0 aliphatic heterocycles. The number of hydrogen-bond donors (Lipinski definition) is 1. The fourth-order valence-corrected chi connectivity index (χ4v) is 3.62. The molecule has 1 N–H and O–H groups in total. The zero-order chi connectivity index (χ0) is 15.5. The molecule has 0 unspecified atom stereocenters. The number of aromatic nitrogens is 2. The molecule has 7 nitrogen and oxygen atoms in total. The van der Waals surface area contributed by atoms with E-state index in [1.165, 1.54) is 42.0 Å². The Hall–Kier alpha value is -1.87. The zero-order valence-electron chi connectivity index (χ0n) is 11.8. The lowest BCUT2D eigenvalue weighted by atomic mass is 10.3. The fraction of sp³-hybridized carbons (Fsp3) is 0.385. The maximum absolute atomic E-state index is 11.0. The number of nitro groups is 1. The van der Waals surface area contributed by atoms with Crippen LogP contribution in [0.1, 0.15) is 19.8 Å². The van der Waals surface area contributed by atoms with Gasteiger partial charge in [-0.2, -0.15) is 0 Å². The van der Waals surface area contributed by atoms with Gasteiger partial charge in [0.2, 0.25) is 5.13 Å². The van der Waals surface area contributed by atoms with Crippen LogP contribution in [0.15, 0.2) is 27.4 Å². The standard InChI is InChI=1S/C13H14N4O3S2/c1-2-20-11-7-9(5-6-10(11)17(18)19)21-13-16-15-12(22-13)14-8-3-4-8/h5-8H,2-4H2,1H3,(H,14,15). The number of nitrogens with zero attached hydrogens (tertiary/aromatic N) is 3. The first-order chi connectivity index (χ1) is 10.7. The van der Waals surface area contributed by atoms with E-state index in [9.17, 15) is 10.1 Å². The summed E-state index contributed by atoms with van der Waals surface area (Å²) >= 11 is 2.90. The molecular weight excluding hydrogens is 324 g/mol. The van der Waals surface area contributed by atoms with Gasteiger partial charge in [-0.3, -0.25) is 10.1 Å². The number of anilines is 1. The lowest BCUT2D eigenvalue weighted by Crippen LogP contribution is -1.99. The van der Waals surface area contributed by atoms with Gasteiger partial charge in [-0.25, -0.2) is 0 Å². The Balaban J connectivity index is 1.74. The monoisotopic (exact) mass is 338 g/mol. The molecule has 2 aromatic rings. The minimum atomic E-state index is -0.442. The van der Waals surface area contributed by atoms with Gasteiger partial charge in [-0.1, -0.05) is 23.1 Å². The second-order valence-electron chi connectivity index (χ2n) is 4.71. The molecule has 0 saturated heterocycles. The van der Waals surface area contributed by atoms with Gasteiger partial charge >= 0.3 is 5.69 Å². The molecule has 116 valence electrons. The van der Waals surface area contributed by atoms with Crippen LogP contribution in [0.3, 0.4) is 0 Å². The fourth-order valence-electron chi connectivity index (χ4n) is 1.79. The van der Waals surface area contributed by atoms with Crippen molar-refractivity contribution in [2.75, 3.05) is 11.9 Å². The molecule has 1 aliphatic rings. The average Bonchev–Trinajstić information content (AvgIpc) is 3.18. The molecule has 1 saturated carbocycles. The normalized spacial score (nSPS) is 13.9. The van der Waals surface area contributed by atoms with Crippen molar-refractivity contribution in [2.45, 2.75) is 35.0 Å². The molecule has 1 aromatic carbocycles. The molecule has 1 fully saturated rings. The Kier molecular flexibility index (Phi) is 4.44. The third-order valence-corrected chi connectivity index (χ3v) is 4.84. The molecule has 3 rings (SSSR count). The number of nitro benzene ring substituents is 1. The number of nitrogens with one attached hydrogen (secondary N) is 1. The van der Waals surface area contributed by atoms with Crippen LogP contribution >= 0.6 is 23.1 Å². The SMILES string of the molecule is CCOc1cc(Sc2nnc(NC3CC3)s2)ccc1[N+](=O)[O-]. The van der Waals surface area contributed by atoms with E-state index in [1.54, 1.807) is 19.1 Å². The number of ether oxygens (including phenoxy) is 1. The van der Waals surface area contributed by atoms with E-state index < -0.39 is 4.92 Å². The van der Waals surface area contributed by atoms with E-state index in [2.05, 4.69) is 15.5 Å². The van der Waals surface area contributed by atoms with Crippen molar-refractivity contribution in [1.29, 1.82) is 0 Å². The van der Waals surface area contributed by atoms with E-state index in [4.69, 9.17) is 4.74 Å². The summed E-state index contributed by atoms with van der Waals surface area (Å²) in [6.45, 7) is 2.17. The zero-order valence-corrected chi connectivity index (χ0v) is 13.4. The van der Waals surface area contributed by atoms with Gasteiger partial charge in [-0.05, 0) is 25.8 Å². The van der Waals surface area contributed by atoms with Crippen LogP contribution in [0.4, 0.5) is 10.8 Å². The Bertz CT molecular complexity index is 688. The van der Waals surface area contributed by atoms with Crippen molar-refractivity contribution in [3.63, 3.8) is 0 Å². The van der Waals surface area contributed by atoms with Crippen LogP contribution in [0, 0.1) is 10.1 Å². The van der Waals surface area contributed by atoms with E-state index >= 15 is 0 Å². The molecule has 22 heavy (non-hydrogen) atoms. The molecule has 1 heterocycles. The highest BCUT2D eigenvalue weighted by Crippen LogP contribution is 2.37. The molecule has 0 amide bonds. The summed E-state index contributed by atoms with van der Waals surface area (Å²) in [7, 11) is 0. The quantitative estimate of drug-likeness (QED) is 0.609. The largest absolute Gasteiger partial charge is 0.487 e. The third-order valence-electron chi connectivity index (χ3n) is 2.94. The lowest BCUT2D eigenvalue weighted by molar-refractivity contribution is -0.385. The average molecular weight is 338 g/mol. The molecule has 1 aliphatic carbocycles. The smallest absolute Gasteiger partial charge is 0.310 e. The number of rotatable bonds is 7. The second-order valence-corrected chi connectivity index (χ2v) is 7.01. The summed E-state index contributed by atoms with van der Waals surface area (Å²) in [5.41, 5.74) is -0.0282.